The van der Waals surface area contributed by atoms with Gasteiger partial charge in [0.1, 0.15) is 17.3 Å². The second kappa shape index (κ2) is 9.41. The van der Waals surface area contributed by atoms with Crippen molar-refractivity contribution in [2.24, 2.45) is 0 Å². The molecule has 0 unspecified atom stereocenters. The number of halogens is 4. The van der Waals surface area contributed by atoms with Crippen LogP contribution >= 0.6 is 0 Å². The van der Waals surface area contributed by atoms with Crippen LogP contribution in [0, 0.1) is 23.3 Å². The van der Waals surface area contributed by atoms with E-state index in [2.05, 4.69) is 59.7 Å². The van der Waals surface area contributed by atoms with Crippen molar-refractivity contribution in [3.8, 4) is 0 Å². The van der Waals surface area contributed by atoms with E-state index in [-0.39, 0.29) is 10.8 Å². The second-order valence-corrected chi connectivity index (χ2v) is 12.1. The number of nitrogens with zero attached hydrogens (tertiary/aromatic N) is 1. The van der Waals surface area contributed by atoms with Crippen LogP contribution in [-0.2, 0) is 10.8 Å². The first-order valence-corrected chi connectivity index (χ1v) is 13.0. The Labute approximate surface area is 226 Å². The third-order valence-electron chi connectivity index (χ3n) is 7.17. The van der Waals surface area contributed by atoms with Gasteiger partial charge >= 0.3 is 0 Å². The molecular formula is C34H31F4N. The van der Waals surface area contributed by atoms with Gasteiger partial charge < -0.3 is 4.90 Å². The molecule has 0 radical (unpaired) electrons. The summed E-state index contributed by atoms with van der Waals surface area (Å²) in [7, 11) is 0. The molecule has 0 saturated heterocycles. The molecule has 0 aliphatic carbocycles. The largest absolute Gasteiger partial charge is 0.304 e. The Morgan fingerprint density at radius 2 is 1.05 bits per heavy atom. The van der Waals surface area contributed by atoms with Crippen molar-refractivity contribution >= 4 is 38.6 Å². The molecule has 200 valence electrons. The van der Waals surface area contributed by atoms with E-state index in [1.165, 1.54) is 29.2 Å². The molecule has 0 saturated carbocycles. The second-order valence-electron chi connectivity index (χ2n) is 12.1. The fourth-order valence-electron chi connectivity index (χ4n) is 4.98. The van der Waals surface area contributed by atoms with E-state index in [1.807, 2.05) is 24.3 Å². The topological polar surface area (TPSA) is 3.24 Å². The van der Waals surface area contributed by atoms with Crippen LogP contribution in [0.15, 0.2) is 78.9 Å². The van der Waals surface area contributed by atoms with Crippen LogP contribution in [0.2, 0.25) is 0 Å². The number of hydrogen-bond acceptors (Lipinski definition) is 1. The number of anilines is 3. The molecule has 1 nitrogen and oxygen atoms in total. The monoisotopic (exact) mass is 529 g/mol. The van der Waals surface area contributed by atoms with Gasteiger partial charge in [-0.15, -0.1) is 0 Å². The Balaban J connectivity index is 1.98. The maximum absolute atomic E-state index is 15.5. The normalized spacial score (nSPS) is 12.4. The van der Waals surface area contributed by atoms with Crippen molar-refractivity contribution in [1.82, 2.24) is 0 Å². The molecule has 0 spiro atoms. The predicted octanol–water partition coefficient (Wildman–Crippen LogP) is 10.6. The Bertz CT molecular complexity index is 1680. The summed E-state index contributed by atoms with van der Waals surface area (Å²) in [6, 6.07) is 21.0. The van der Waals surface area contributed by atoms with Crippen LogP contribution in [0.4, 0.5) is 34.6 Å². The maximum Gasteiger partial charge on any atom is 0.153 e. The van der Waals surface area contributed by atoms with Gasteiger partial charge in [0.2, 0.25) is 0 Å². The minimum Gasteiger partial charge on any atom is -0.304 e. The zero-order valence-electron chi connectivity index (χ0n) is 23.0. The molecule has 5 aromatic rings. The molecule has 0 amide bonds. The Kier molecular flexibility index (Phi) is 6.45. The first-order valence-electron chi connectivity index (χ1n) is 13.0. The number of hydrogen-bond donors (Lipinski definition) is 0. The Morgan fingerprint density at radius 1 is 0.487 bits per heavy atom. The van der Waals surface area contributed by atoms with E-state index in [4.69, 9.17) is 0 Å². The molecule has 0 bridgehead atoms. The van der Waals surface area contributed by atoms with E-state index in [1.54, 1.807) is 0 Å². The highest BCUT2D eigenvalue weighted by Gasteiger charge is 2.27. The van der Waals surface area contributed by atoms with Crippen LogP contribution in [0.25, 0.3) is 21.5 Å². The standard InChI is InChI=1S/C34H31F4N/c1-33(2,3)22-9-14-27-21(16-22)15-20-7-8-23(34(4,5)6)17-28(20)31(27)39(26-12-10-24(35)11-13-26)32-29(37)18-25(36)19-30(32)38/h7-19H,1-6H3. The molecular weight excluding hydrogens is 498 g/mol. The third kappa shape index (κ3) is 4.98. The van der Waals surface area contributed by atoms with Crippen LogP contribution in [0.3, 0.4) is 0 Å². The summed E-state index contributed by atoms with van der Waals surface area (Å²) in [5, 5.41) is 3.30. The van der Waals surface area contributed by atoms with Gasteiger partial charge in [0.25, 0.3) is 0 Å². The highest BCUT2D eigenvalue weighted by atomic mass is 19.1. The zero-order chi connectivity index (χ0) is 28.3. The average molecular weight is 530 g/mol. The van der Waals surface area contributed by atoms with Crippen molar-refractivity contribution in [2.45, 2.75) is 52.4 Å². The van der Waals surface area contributed by atoms with Gasteiger partial charge in [-0.1, -0.05) is 71.9 Å². The minimum atomic E-state index is -1.06. The summed E-state index contributed by atoms with van der Waals surface area (Å²) >= 11 is 0. The van der Waals surface area contributed by atoms with Crippen LogP contribution in [0.1, 0.15) is 52.7 Å². The molecule has 5 rings (SSSR count). The fourth-order valence-corrected chi connectivity index (χ4v) is 4.98. The summed E-state index contributed by atoms with van der Waals surface area (Å²) in [5.41, 5.74) is 2.29. The fraction of sp³-hybridized carbons (Fsp3) is 0.235. The predicted molar refractivity (Wildman–Crippen MR) is 153 cm³/mol. The average Bonchev–Trinajstić information content (AvgIpc) is 2.84. The first kappa shape index (κ1) is 26.7. The van der Waals surface area contributed by atoms with Crippen LogP contribution in [-0.4, -0.2) is 0 Å². The van der Waals surface area contributed by atoms with Crippen molar-refractivity contribution in [3.63, 3.8) is 0 Å². The minimum absolute atomic E-state index is 0.120. The lowest BCUT2D eigenvalue weighted by Crippen LogP contribution is -2.16. The third-order valence-corrected chi connectivity index (χ3v) is 7.17. The van der Waals surface area contributed by atoms with E-state index < -0.39 is 29.0 Å². The van der Waals surface area contributed by atoms with Gasteiger partial charge in [-0.25, -0.2) is 17.6 Å². The summed E-state index contributed by atoms with van der Waals surface area (Å²) in [6.07, 6.45) is 0. The maximum atomic E-state index is 15.5. The molecule has 5 aromatic carbocycles. The van der Waals surface area contributed by atoms with Gasteiger partial charge in [-0.2, -0.15) is 0 Å². The van der Waals surface area contributed by atoms with Gasteiger partial charge in [-0.3, -0.25) is 0 Å². The summed E-state index contributed by atoms with van der Waals surface area (Å²) < 4.78 is 59.0. The smallest absolute Gasteiger partial charge is 0.153 e. The van der Waals surface area contributed by atoms with E-state index in [9.17, 15) is 8.78 Å². The number of rotatable bonds is 3. The van der Waals surface area contributed by atoms with Gasteiger partial charge in [0, 0.05) is 28.6 Å². The highest BCUT2D eigenvalue weighted by molar-refractivity contribution is 6.14. The van der Waals surface area contributed by atoms with Crippen LogP contribution < -0.4 is 4.90 Å². The molecule has 5 heteroatoms. The highest BCUT2D eigenvalue weighted by Crippen LogP contribution is 2.47. The summed E-state index contributed by atoms with van der Waals surface area (Å²) in [6.45, 7) is 12.7. The van der Waals surface area contributed by atoms with Crippen molar-refractivity contribution in [3.05, 3.63) is 113 Å². The Morgan fingerprint density at radius 3 is 1.64 bits per heavy atom. The van der Waals surface area contributed by atoms with Crippen molar-refractivity contribution in [2.75, 3.05) is 4.90 Å². The molecule has 39 heavy (non-hydrogen) atoms. The number of fused-ring (bicyclic) bond motifs is 2. The van der Waals surface area contributed by atoms with E-state index in [0.717, 1.165) is 32.7 Å². The number of benzene rings is 5. The van der Waals surface area contributed by atoms with Gasteiger partial charge in [0.05, 0.1) is 5.69 Å². The van der Waals surface area contributed by atoms with Crippen molar-refractivity contribution in [1.29, 1.82) is 0 Å². The van der Waals surface area contributed by atoms with Gasteiger partial charge in [-0.05, 0) is 69.1 Å². The van der Waals surface area contributed by atoms with E-state index in [0.29, 0.717) is 23.5 Å². The lowest BCUT2D eigenvalue weighted by molar-refractivity contribution is 0.545. The molecule has 0 aliphatic rings. The molecule has 0 fully saturated rings. The SMILES string of the molecule is CC(C)(C)c1ccc2c(N(c3ccc(F)cc3)c3c(F)cc(F)cc3F)c3cc(C(C)(C)C)ccc3cc2c1. The summed E-state index contributed by atoms with van der Waals surface area (Å²) in [5.74, 6) is -3.60. The van der Waals surface area contributed by atoms with Crippen LogP contribution in [0.5, 0.6) is 0 Å². The lowest BCUT2D eigenvalue weighted by atomic mass is 9.83. The molecule has 0 aliphatic heterocycles. The van der Waals surface area contributed by atoms with E-state index >= 15 is 8.78 Å². The van der Waals surface area contributed by atoms with Crippen molar-refractivity contribution < 1.29 is 17.6 Å². The first-order chi connectivity index (χ1) is 18.2. The zero-order valence-corrected chi connectivity index (χ0v) is 23.0. The summed E-state index contributed by atoms with van der Waals surface area (Å²) in [4.78, 5) is 1.44. The lowest BCUT2D eigenvalue weighted by Gasteiger charge is -2.30. The van der Waals surface area contributed by atoms with Gasteiger partial charge in [0.15, 0.2) is 11.6 Å². The molecule has 0 atom stereocenters. The Hall–Kier alpha value is -3.86. The molecule has 0 heterocycles. The quantitative estimate of drug-likeness (QED) is 0.166. The molecule has 0 aromatic heterocycles. The molecule has 0 N–H and O–H groups in total.